The number of nitrogens with two attached hydrogens (primary N) is 1. The maximum Gasteiger partial charge on any atom is 0.269 e. The Hall–Kier alpha value is -2.30. The highest BCUT2D eigenvalue weighted by Gasteiger charge is 2.23. The predicted molar refractivity (Wildman–Crippen MR) is 60.9 cm³/mol. The number of H-pyrrole nitrogens is 1. The number of hydrazone groups is 1. The zero-order valence-corrected chi connectivity index (χ0v) is 8.45. The third kappa shape index (κ3) is 1.11. The van der Waals surface area contributed by atoms with Crippen molar-refractivity contribution in [2.75, 3.05) is 0 Å². The summed E-state index contributed by atoms with van der Waals surface area (Å²) in [6.07, 6.45) is 0. The smallest absolute Gasteiger partial charge is 0.269 e. The van der Waals surface area contributed by atoms with Crippen LogP contribution in [0.2, 0.25) is 0 Å². The number of aromatic nitrogens is 1. The number of primary amides is 1. The van der Waals surface area contributed by atoms with Crippen molar-refractivity contribution in [3.05, 3.63) is 35.5 Å². The van der Waals surface area contributed by atoms with Crippen LogP contribution in [0.1, 0.15) is 11.3 Å². The molecule has 3 rings (SSSR count). The van der Waals surface area contributed by atoms with Crippen molar-refractivity contribution in [3.63, 3.8) is 0 Å². The summed E-state index contributed by atoms with van der Waals surface area (Å²) < 4.78 is 0. The molecule has 0 bridgehead atoms. The lowest BCUT2D eigenvalue weighted by Crippen LogP contribution is -2.31. The van der Waals surface area contributed by atoms with Crippen molar-refractivity contribution in [2.45, 2.75) is 6.54 Å². The summed E-state index contributed by atoms with van der Waals surface area (Å²) in [5.74, 6) is -0.516. The molecular formula is C11H10N4O. The molecule has 1 aromatic heterocycles. The minimum atomic E-state index is -0.516. The molecule has 80 valence electrons. The fraction of sp³-hybridized carbons (Fsp3) is 0.0909. The molecule has 16 heavy (non-hydrogen) atoms. The largest absolute Gasteiger partial charge is 0.364 e. The van der Waals surface area contributed by atoms with Gasteiger partial charge in [-0.15, -0.1) is 0 Å². The predicted octanol–water partition coefficient (Wildman–Crippen LogP) is 0.460. The molecule has 0 fully saturated rings. The van der Waals surface area contributed by atoms with E-state index in [0.717, 1.165) is 22.2 Å². The number of carbonyl (C=O) groups is 1. The van der Waals surface area contributed by atoms with Crippen molar-refractivity contribution < 1.29 is 4.79 Å². The van der Waals surface area contributed by atoms with Crippen LogP contribution >= 0.6 is 0 Å². The second-order valence-electron chi connectivity index (χ2n) is 3.68. The molecule has 0 atom stereocenters. The van der Waals surface area contributed by atoms with E-state index in [9.17, 15) is 4.79 Å². The lowest BCUT2D eigenvalue weighted by molar-refractivity contribution is -0.112. The van der Waals surface area contributed by atoms with E-state index in [0.29, 0.717) is 12.3 Å². The second kappa shape index (κ2) is 3.10. The molecule has 0 saturated heterocycles. The molecule has 1 aromatic carbocycles. The van der Waals surface area contributed by atoms with E-state index >= 15 is 0 Å². The number of hydrogen-bond donors (Lipinski definition) is 3. The van der Waals surface area contributed by atoms with Crippen LogP contribution in [0.5, 0.6) is 0 Å². The highest BCUT2D eigenvalue weighted by atomic mass is 16.1. The maximum atomic E-state index is 11.3. The Bertz CT molecular complexity index is 611. The third-order valence-corrected chi connectivity index (χ3v) is 2.70. The molecule has 0 unspecified atom stereocenters. The fourth-order valence-corrected chi connectivity index (χ4v) is 2.03. The summed E-state index contributed by atoms with van der Waals surface area (Å²) in [6.45, 7) is 0.584. The van der Waals surface area contributed by atoms with Gasteiger partial charge in [-0.2, -0.15) is 5.10 Å². The summed E-state index contributed by atoms with van der Waals surface area (Å²) in [5.41, 5.74) is 11.1. The molecule has 0 saturated carbocycles. The molecule has 2 heterocycles. The third-order valence-electron chi connectivity index (χ3n) is 2.70. The van der Waals surface area contributed by atoms with E-state index in [4.69, 9.17) is 5.73 Å². The normalized spacial score (nSPS) is 14.1. The zero-order valence-electron chi connectivity index (χ0n) is 8.45. The summed E-state index contributed by atoms with van der Waals surface area (Å²) in [7, 11) is 0. The first-order chi connectivity index (χ1) is 7.77. The minimum absolute atomic E-state index is 0.290. The number of carbonyl (C=O) groups excluding carboxylic acids is 1. The first-order valence-electron chi connectivity index (χ1n) is 4.97. The van der Waals surface area contributed by atoms with Gasteiger partial charge in [0.25, 0.3) is 5.91 Å². The summed E-state index contributed by atoms with van der Waals surface area (Å²) in [6, 6.07) is 7.79. The SMILES string of the molecule is NC(=O)C1=NNCc2[nH]c3ccccc3c21. The molecule has 5 nitrogen and oxygen atoms in total. The molecule has 0 radical (unpaired) electrons. The molecule has 4 N–H and O–H groups in total. The monoisotopic (exact) mass is 214 g/mol. The molecule has 2 aromatic rings. The Kier molecular flexibility index (Phi) is 1.73. The number of nitrogens with one attached hydrogen (secondary N) is 2. The van der Waals surface area contributed by atoms with E-state index in [1.165, 1.54) is 0 Å². The van der Waals surface area contributed by atoms with E-state index < -0.39 is 5.91 Å². The van der Waals surface area contributed by atoms with Crippen LogP contribution in [0, 0.1) is 0 Å². The van der Waals surface area contributed by atoms with Crippen molar-refractivity contribution >= 4 is 22.5 Å². The van der Waals surface area contributed by atoms with Gasteiger partial charge >= 0.3 is 0 Å². The van der Waals surface area contributed by atoms with Crippen LogP contribution in [0.15, 0.2) is 29.4 Å². The Morgan fingerprint density at radius 2 is 2.19 bits per heavy atom. The Morgan fingerprint density at radius 3 is 3.00 bits per heavy atom. The quantitative estimate of drug-likeness (QED) is 0.644. The first-order valence-corrected chi connectivity index (χ1v) is 4.97. The molecule has 1 aliphatic heterocycles. The van der Waals surface area contributed by atoms with Gasteiger partial charge in [0.2, 0.25) is 0 Å². The maximum absolute atomic E-state index is 11.3. The zero-order chi connectivity index (χ0) is 11.1. The molecular weight excluding hydrogens is 204 g/mol. The summed E-state index contributed by atoms with van der Waals surface area (Å²) >= 11 is 0. The van der Waals surface area contributed by atoms with Crippen LogP contribution in [0.3, 0.4) is 0 Å². The van der Waals surface area contributed by atoms with Crippen LogP contribution < -0.4 is 11.2 Å². The summed E-state index contributed by atoms with van der Waals surface area (Å²) in [4.78, 5) is 14.5. The number of benzene rings is 1. The van der Waals surface area contributed by atoms with Gasteiger partial charge in [-0.25, -0.2) is 0 Å². The average molecular weight is 214 g/mol. The molecule has 1 aliphatic rings. The lowest BCUT2D eigenvalue weighted by Gasteiger charge is -2.11. The Labute approximate surface area is 91.3 Å². The van der Waals surface area contributed by atoms with Gasteiger partial charge in [-0.1, -0.05) is 18.2 Å². The van der Waals surface area contributed by atoms with Gasteiger partial charge in [0.15, 0.2) is 5.71 Å². The van der Waals surface area contributed by atoms with Crippen molar-refractivity contribution in [2.24, 2.45) is 10.8 Å². The highest BCUT2D eigenvalue weighted by molar-refractivity contribution is 6.47. The van der Waals surface area contributed by atoms with Gasteiger partial charge in [0.1, 0.15) is 0 Å². The number of para-hydroxylation sites is 1. The number of fused-ring (bicyclic) bond motifs is 3. The van der Waals surface area contributed by atoms with Crippen LogP contribution in [-0.4, -0.2) is 16.6 Å². The number of nitrogens with zero attached hydrogens (tertiary/aromatic N) is 1. The van der Waals surface area contributed by atoms with Crippen LogP contribution in [0.25, 0.3) is 10.9 Å². The fourth-order valence-electron chi connectivity index (χ4n) is 2.03. The van der Waals surface area contributed by atoms with E-state index in [1.54, 1.807) is 0 Å². The van der Waals surface area contributed by atoms with Crippen molar-refractivity contribution in [1.29, 1.82) is 0 Å². The Morgan fingerprint density at radius 1 is 1.38 bits per heavy atom. The highest BCUT2D eigenvalue weighted by Crippen LogP contribution is 2.24. The minimum Gasteiger partial charge on any atom is -0.364 e. The molecule has 0 aliphatic carbocycles. The first kappa shape index (κ1) is 8.96. The van der Waals surface area contributed by atoms with Crippen molar-refractivity contribution in [1.82, 2.24) is 10.4 Å². The van der Waals surface area contributed by atoms with Crippen molar-refractivity contribution in [3.8, 4) is 0 Å². The number of aromatic amines is 1. The van der Waals surface area contributed by atoms with E-state index in [-0.39, 0.29) is 0 Å². The van der Waals surface area contributed by atoms with Gasteiger partial charge in [-0.3, -0.25) is 4.79 Å². The molecule has 5 heteroatoms. The number of rotatable bonds is 1. The topological polar surface area (TPSA) is 83.3 Å². The number of hydrogen-bond acceptors (Lipinski definition) is 3. The van der Waals surface area contributed by atoms with Crippen LogP contribution in [0.4, 0.5) is 0 Å². The molecule has 0 spiro atoms. The number of amides is 1. The van der Waals surface area contributed by atoms with Gasteiger partial charge < -0.3 is 16.1 Å². The molecule has 1 amide bonds. The van der Waals surface area contributed by atoms with Gasteiger partial charge in [-0.05, 0) is 6.07 Å². The average Bonchev–Trinajstić information content (AvgIpc) is 2.66. The van der Waals surface area contributed by atoms with Gasteiger partial charge in [0, 0.05) is 22.2 Å². The summed E-state index contributed by atoms with van der Waals surface area (Å²) in [5, 5.41) is 4.95. The van der Waals surface area contributed by atoms with E-state index in [2.05, 4.69) is 15.5 Å². The second-order valence-corrected chi connectivity index (χ2v) is 3.68. The Balaban J connectivity index is 2.35. The standard InChI is InChI=1S/C11H10N4O/c12-11(16)10-9-6-3-1-2-4-7(6)14-8(9)5-13-15-10/h1-4,13-14H,5H2,(H2,12,16). The van der Waals surface area contributed by atoms with Crippen LogP contribution in [-0.2, 0) is 11.3 Å². The van der Waals surface area contributed by atoms with Gasteiger partial charge in [0.05, 0.1) is 6.54 Å². The lowest BCUT2D eigenvalue weighted by atomic mass is 10.0. The van der Waals surface area contributed by atoms with E-state index in [1.807, 2.05) is 24.3 Å².